The first-order valence-electron chi connectivity index (χ1n) is 9.20. The van der Waals surface area contributed by atoms with Crippen molar-refractivity contribution < 1.29 is 27.5 Å². The zero-order valence-corrected chi connectivity index (χ0v) is 16.2. The lowest BCUT2D eigenvalue weighted by atomic mass is 10.1. The van der Waals surface area contributed by atoms with Crippen LogP contribution in [0.25, 0.3) is 6.08 Å². The van der Waals surface area contributed by atoms with Crippen LogP contribution in [0.15, 0.2) is 42.5 Å². The number of hydrogen-bond acceptors (Lipinski definition) is 4. The summed E-state index contributed by atoms with van der Waals surface area (Å²) in [5.41, 5.74) is 1.51. The minimum atomic E-state index is -4.41. The van der Waals surface area contributed by atoms with Gasteiger partial charge in [0.15, 0.2) is 0 Å². The topological polar surface area (TPSA) is 71.5 Å². The van der Waals surface area contributed by atoms with Crippen molar-refractivity contribution in [3.05, 3.63) is 64.9 Å². The van der Waals surface area contributed by atoms with Gasteiger partial charge in [-0.25, -0.2) is 4.98 Å². The SMILES string of the molecule is COc1ccc2c(n1)CN(C(=O)CNC(=O)/C=C/c1ccc(C(F)(F)F)cc1)CC2. The summed E-state index contributed by atoms with van der Waals surface area (Å²) in [6, 6.07) is 8.13. The monoisotopic (exact) mass is 419 g/mol. The molecule has 30 heavy (non-hydrogen) atoms. The fraction of sp³-hybridized carbons (Fsp3) is 0.286. The third kappa shape index (κ3) is 5.37. The molecule has 0 spiro atoms. The first-order chi connectivity index (χ1) is 14.3. The van der Waals surface area contributed by atoms with E-state index in [9.17, 15) is 22.8 Å². The number of amides is 2. The molecule has 0 saturated carbocycles. The van der Waals surface area contributed by atoms with Gasteiger partial charge in [0.05, 0.1) is 31.5 Å². The molecule has 0 aliphatic carbocycles. The Hall–Kier alpha value is -3.36. The number of halogens is 3. The van der Waals surface area contributed by atoms with Gasteiger partial charge in [-0.2, -0.15) is 13.2 Å². The summed E-state index contributed by atoms with van der Waals surface area (Å²) in [5.74, 6) is -0.285. The summed E-state index contributed by atoms with van der Waals surface area (Å²) in [4.78, 5) is 30.3. The van der Waals surface area contributed by atoms with Crippen molar-refractivity contribution >= 4 is 17.9 Å². The van der Waals surface area contributed by atoms with Crippen LogP contribution in [0.4, 0.5) is 13.2 Å². The zero-order chi connectivity index (χ0) is 21.7. The molecule has 6 nitrogen and oxygen atoms in total. The van der Waals surface area contributed by atoms with E-state index in [2.05, 4.69) is 10.3 Å². The summed E-state index contributed by atoms with van der Waals surface area (Å²) in [7, 11) is 1.52. The molecule has 1 aromatic carbocycles. The highest BCUT2D eigenvalue weighted by molar-refractivity contribution is 5.94. The van der Waals surface area contributed by atoms with Crippen LogP contribution in [0.3, 0.4) is 0 Å². The van der Waals surface area contributed by atoms with Crippen molar-refractivity contribution in [1.29, 1.82) is 0 Å². The van der Waals surface area contributed by atoms with Crippen molar-refractivity contribution in [1.82, 2.24) is 15.2 Å². The van der Waals surface area contributed by atoms with E-state index in [1.807, 2.05) is 6.07 Å². The molecule has 9 heteroatoms. The number of nitrogens with one attached hydrogen (secondary N) is 1. The van der Waals surface area contributed by atoms with Gasteiger partial charge in [0.2, 0.25) is 17.7 Å². The van der Waals surface area contributed by atoms with Gasteiger partial charge in [-0.1, -0.05) is 18.2 Å². The number of fused-ring (bicyclic) bond motifs is 1. The fourth-order valence-corrected chi connectivity index (χ4v) is 3.01. The van der Waals surface area contributed by atoms with Gasteiger partial charge >= 0.3 is 6.18 Å². The maximum Gasteiger partial charge on any atom is 0.416 e. The first-order valence-corrected chi connectivity index (χ1v) is 9.20. The molecule has 0 unspecified atom stereocenters. The highest BCUT2D eigenvalue weighted by Gasteiger charge is 2.29. The molecular weight excluding hydrogens is 399 g/mol. The largest absolute Gasteiger partial charge is 0.481 e. The minimum absolute atomic E-state index is 0.185. The normalized spacial score (nSPS) is 13.8. The Kier molecular flexibility index (Phi) is 6.39. The summed E-state index contributed by atoms with van der Waals surface area (Å²) >= 11 is 0. The summed E-state index contributed by atoms with van der Waals surface area (Å²) in [6.07, 6.45) is -1.18. The number of hydrogen-bond donors (Lipinski definition) is 1. The molecule has 0 saturated heterocycles. The van der Waals surface area contributed by atoms with Crippen LogP contribution < -0.4 is 10.1 Å². The van der Waals surface area contributed by atoms with Gasteiger partial charge in [-0.3, -0.25) is 9.59 Å². The lowest BCUT2D eigenvalue weighted by Gasteiger charge is -2.28. The van der Waals surface area contributed by atoms with Gasteiger partial charge in [-0.05, 0) is 35.8 Å². The average Bonchev–Trinajstić information content (AvgIpc) is 2.74. The molecule has 0 radical (unpaired) electrons. The Morgan fingerprint density at radius 2 is 1.93 bits per heavy atom. The molecule has 3 rings (SSSR count). The van der Waals surface area contributed by atoms with Gasteiger partial charge in [-0.15, -0.1) is 0 Å². The molecule has 158 valence electrons. The number of benzene rings is 1. The second-order valence-corrected chi connectivity index (χ2v) is 6.70. The van der Waals surface area contributed by atoms with Crippen molar-refractivity contribution in [3.8, 4) is 5.88 Å². The molecule has 0 fully saturated rings. The number of ether oxygens (including phenoxy) is 1. The van der Waals surface area contributed by atoms with E-state index in [0.717, 1.165) is 23.4 Å². The average molecular weight is 419 g/mol. The molecule has 0 bridgehead atoms. The highest BCUT2D eigenvalue weighted by atomic mass is 19.4. The smallest absolute Gasteiger partial charge is 0.416 e. The van der Waals surface area contributed by atoms with E-state index >= 15 is 0 Å². The van der Waals surface area contributed by atoms with Crippen LogP contribution in [0.5, 0.6) is 5.88 Å². The van der Waals surface area contributed by atoms with Crippen molar-refractivity contribution in [2.24, 2.45) is 0 Å². The van der Waals surface area contributed by atoms with Crippen LogP contribution >= 0.6 is 0 Å². The number of methoxy groups -OCH3 is 1. The van der Waals surface area contributed by atoms with Crippen LogP contribution in [0.1, 0.15) is 22.4 Å². The van der Waals surface area contributed by atoms with Crippen molar-refractivity contribution in [2.45, 2.75) is 19.1 Å². The Morgan fingerprint density at radius 3 is 2.60 bits per heavy atom. The molecule has 1 N–H and O–H groups in total. The maximum atomic E-state index is 12.6. The molecule has 2 heterocycles. The fourth-order valence-electron chi connectivity index (χ4n) is 3.01. The number of carbonyl (C=O) groups excluding carboxylic acids is 2. The number of aromatic nitrogens is 1. The van der Waals surface area contributed by atoms with E-state index in [0.29, 0.717) is 31.0 Å². The quantitative estimate of drug-likeness (QED) is 0.757. The van der Waals surface area contributed by atoms with Gasteiger partial charge in [0.1, 0.15) is 0 Å². The van der Waals surface area contributed by atoms with Gasteiger partial charge in [0, 0.05) is 18.7 Å². The van der Waals surface area contributed by atoms with Crippen LogP contribution in [0, 0.1) is 0 Å². The molecule has 2 amide bonds. The van der Waals surface area contributed by atoms with Crippen molar-refractivity contribution in [2.75, 3.05) is 20.2 Å². The van der Waals surface area contributed by atoms with E-state index < -0.39 is 17.6 Å². The maximum absolute atomic E-state index is 12.6. The third-order valence-electron chi connectivity index (χ3n) is 4.68. The van der Waals surface area contributed by atoms with Crippen LogP contribution in [0.2, 0.25) is 0 Å². The number of carbonyl (C=O) groups is 2. The van der Waals surface area contributed by atoms with Crippen LogP contribution in [-0.4, -0.2) is 41.9 Å². The molecule has 0 atom stereocenters. The number of pyridine rings is 1. The second kappa shape index (κ2) is 8.98. The van der Waals surface area contributed by atoms with Crippen LogP contribution in [-0.2, 0) is 28.7 Å². The van der Waals surface area contributed by atoms with Crippen molar-refractivity contribution in [3.63, 3.8) is 0 Å². The van der Waals surface area contributed by atoms with Gasteiger partial charge < -0.3 is 15.0 Å². The van der Waals surface area contributed by atoms with E-state index in [1.165, 1.54) is 31.4 Å². The molecular formula is C21H20F3N3O3. The number of alkyl halides is 3. The number of rotatable bonds is 5. The molecule has 1 aromatic heterocycles. The lowest BCUT2D eigenvalue weighted by molar-refractivity contribution is -0.137. The summed E-state index contributed by atoms with van der Waals surface area (Å²) in [6.45, 7) is 0.676. The lowest BCUT2D eigenvalue weighted by Crippen LogP contribution is -2.42. The third-order valence-corrected chi connectivity index (χ3v) is 4.68. The van der Waals surface area contributed by atoms with Gasteiger partial charge in [0.25, 0.3) is 0 Å². The Morgan fingerprint density at radius 1 is 1.20 bits per heavy atom. The van der Waals surface area contributed by atoms with E-state index in [4.69, 9.17) is 4.74 Å². The van der Waals surface area contributed by atoms with E-state index in [1.54, 1.807) is 11.0 Å². The minimum Gasteiger partial charge on any atom is -0.481 e. The number of nitrogens with zero attached hydrogens (tertiary/aromatic N) is 2. The first kappa shape index (κ1) is 21.4. The Bertz CT molecular complexity index is 956. The Balaban J connectivity index is 1.51. The van der Waals surface area contributed by atoms with E-state index in [-0.39, 0.29) is 12.5 Å². The second-order valence-electron chi connectivity index (χ2n) is 6.70. The molecule has 1 aliphatic heterocycles. The standard InChI is InChI=1S/C21H20F3N3O3/c1-30-19-9-5-15-10-11-27(13-17(15)26-19)20(29)12-25-18(28)8-4-14-2-6-16(7-3-14)21(22,23)24/h2-9H,10-13H2,1H3,(H,25,28)/b8-4+. The zero-order valence-electron chi connectivity index (χ0n) is 16.2. The summed E-state index contributed by atoms with van der Waals surface area (Å²) < 4.78 is 42.8. The molecule has 2 aromatic rings. The predicted molar refractivity (Wildman–Crippen MR) is 103 cm³/mol. The molecule has 1 aliphatic rings. The highest BCUT2D eigenvalue weighted by Crippen LogP contribution is 2.29. The predicted octanol–water partition coefficient (Wildman–Crippen LogP) is 2.82. The Labute approximate surface area is 171 Å². The summed E-state index contributed by atoms with van der Waals surface area (Å²) in [5, 5.41) is 2.49.